The quantitative estimate of drug-likeness (QED) is 0.828. The Hall–Kier alpha value is -1.25. The van der Waals surface area contributed by atoms with E-state index in [0.29, 0.717) is 0 Å². The van der Waals surface area contributed by atoms with Crippen LogP contribution < -0.4 is 5.32 Å². The first kappa shape index (κ1) is 11.2. The monoisotopic (exact) mass is 220 g/mol. The molecule has 1 aliphatic rings. The van der Waals surface area contributed by atoms with Crippen LogP contribution in [0.15, 0.2) is 6.07 Å². The number of carbonyl (C=O) groups is 1. The van der Waals surface area contributed by atoms with Gasteiger partial charge in [0.25, 0.3) is 0 Å². The highest BCUT2D eigenvalue weighted by Gasteiger charge is 2.26. The molecule has 88 valence electrons. The molecule has 1 fully saturated rings. The number of nitrogens with zero attached hydrogens (tertiary/aromatic N) is 1. The number of hydrogen-bond acceptors (Lipinski definition) is 1. The van der Waals surface area contributed by atoms with Crippen molar-refractivity contribution in [3.05, 3.63) is 23.0 Å². The van der Waals surface area contributed by atoms with Crippen molar-refractivity contribution in [2.24, 2.45) is 0 Å². The molecule has 3 heteroatoms. The predicted octanol–water partition coefficient (Wildman–Crippen LogP) is 2.12. The third kappa shape index (κ3) is 2.29. The Morgan fingerprint density at radius 1 is 1.50 bits per heavy atom. The largest absolute Gasteiger partial charge is 0.356 e. The number of carbonyl (C=O) groups excluding carboxylic acids is 1. The van der Waals surface area contributed by atoms with Crippen LogP contribution in [0.5, 0.6) is 0 Å². The molecule has 2 rings (SSSR count). The van der Waals surface area contributed by atoms with E-state index in [9.17, 15) is 4.79 Å². The summed E-state index contributed by atoms with van der Waals surface area (Å²) in [5, 5.41) is 2.85. The van der Waals surface area contributed by atoms with Gasteiger partial charge in [-0.05, 0) is 44.7 Å². The molecule has 0 atom stereocenters. The van der Waals surface area contributed by atoms with Crippen molar-refractivity contribution in [3.8, 4) is 0 Å². The van der Waals surface area contributed by atoms with E-state index in [0.717, 1.165) is 19.0 Å². The Bertz CT molecular complexity index is 402. The van der Waals surface area contributed by atoms with Crippen molar-refractivity contribution in [2.75, 3.05) is 6.54 Å². The summed E-state index contributed by atoms with van der Waals surface area (Å²) in [4.78, 5) is 10.8. The Morgan fingerprint density at radius 2 is 2.19 bits per heavy atom. The lowest BCUT2D eigenvalue weighted by Gasteiger charge is -2.08. The lowest BCUT2D eigenvalue weighted by molar-refractivity contribution is -0.118. The normalized spacial score (nSPS) is 15.2. The number of rotatable bonds is 4. The fourth-order valence-corrected chi connectivity index (χ4v) is 2.37. The number of aryl methyl sites for hydroxylation is 1. The van der Waals surface area contributed by atoms with Gasteiger partial charge in [0.1, 0.15) is 0 Å². The number of hydrogen-bond donors (Lipinski definition) is 1. The Balaban J connectivity index is 2.04. The highest BCUT2D eigenvalue weighted by atomic mass is 16.1. The molecule has 1 N–H and O–H groups in total. The van der Waals surface area contributed by atoms with E-state index in [1.54, 1.807) is 6.92 Å². The number of nitrogens with one attached hydrogen (secondary N) is 1. The standard InChI is InChI=1S/C13H20N2O/c1-9-8-12(6-7-14-11(3)16)10(2)15(9)13-4-5-13/h8,13H,4-7H2,1-3H3,(H,14,16). The summed E-state index contributed by atoms with van der Waals surface area (Å²) in [7, 11) is 0. The number of aromatic nitrogens is 1. The molecular formula is C13H20N2O. The van der Waals surface area contributed by atoms with Crippen LogP contribution in [-0.2, 0) is 11.2 Å². The van der Waals surface area contributed by atoms with Crippen molar-refractivity contribution >= 4 is 5.91 Å². The highest BCUT2D eigenvalue weighted by molar-refractivity contribution is 5.72. The second kappa shape index (κ2) is 4.32. The molecule has 0 unspecified atom stereocenters. The van der Waals surface area contributed by atoms with Gasteiger partial charge in [0.05, 0.1) is 0 Å². The molecule has 1 aromatic heterocycles. The van der Waals surface area contributed by atoms with Gasteiger partial charge in [-0.15, -0.1) is 0 Å². The third-order valence-corrected chi connectivity index (χ3v) is 3.27. The van der Waals surface area contributed by atoms with Crippen molar-refractivity contribution < 1.29 is 4.79 Å². The van der Waals surface area contributed by atoms with Crippen LogP contribution in [0.1, 0.15) is 42.8 Å². The van der Waals surface area contributed by atoms with Gasteiger partial charge in [0, 0.05) is 30.9 Å². The molecule has 0 bridgehead atoms. The maximum Gasteiger partial charge on any atom is 0.216 e. The molecule has 0 saturated heterocycles. The van der Waals surface area contributed by atoms with Gasteiger partial charge in [-0.2, -0.15) is 0 Å². The second-order valence-electron chi connectivity index (χ2n) is 4.73. The van der Waals surface area contributed by atoms with Gasteiger partial charge in [0.15, 0.2) is 0 Å². The van der Waals surface area contributed by atoms with E-state index in [1.807, 2.05) is 0 Å². The van der Waals surface area contributed by atoms with Crippen molar-refractivity contribution in [1.82, 2.24) is 9.88 Å². The second-order valence-corrected chi connectivity index (χ2v) is 4.73. The van der Waals surface area contributed by atoms with Crippen LogP contribution in [-0.4, -0.2) is 17.0 Å². The maximum atomic E-state index is 10.8. The first-order chi connectivity index (χ1) is 7.59. The average Bonchev–Trinajstić information content (AvgIpc) is 2.96. The van der Waals surface area contributed by atoms with E-state index in [2.05, 4.69) is 29.8 Å². The van der Waals surface area contributed by atoms with E-state index in [-0.39, 0.29) is 5.91 Å². The van der Waals surface area contributed by atoms with Crippen LogP contribution in [0.3, 0.4) is 0 Å². The Morgan fingerprint density at radius 3 is 2.75 bits per heavy atom. The summed E-state index contributed by atoms with van der Waals surface area (Å²) in [6.45, 7) is 6.67. The zero-order valence-electron chi connectivity index (χ0n) is 10.3. The zero-order chi connectivity index (χ0) is 11.7. The Labute approximate surface area is 96.8 Å². The van der Waals surface area contributed by atoms with Crippen molar-refractivity contribution in [1.29, 1.82) is 0 Å². The Kier molecular flexibility index (Phi) is 3.03. The molecular weight excluding hydrogens is 200 g/mol. The first-order valence-electron chi connectivity index (χ1n) is 6.01. The van der Waals surface area contributed by atoms with Crippen LogP contribution in [0, 0.1) is 13.8 Å². The van der Waals surface area contributed by atoms with Crippen LogP contribution in [0.4, 0.5) is 0 Å². The predicted molar refractivity (Wildman–Crippen MR) is 64.6 cm³/mol. The third-order valence-electron chi connectivity index (χ3n) is 3.27. The fraction of sp³-hybridized carbons (Fsp3) is 0.615. The minimum atomic E-state index is 0.0519. The minimum absolute atomic E-state index is 0.0519. The van der Waals surface area contributed by atoms with E-state index in [1.165, 1.54) is 29.8 Å². The topological polar surface area (TPSA) is 34.0 Å². The molecule has 1 heterocycles. The summed E-state index contributed by atoms with van der Waals surface area (Å²) < 4.78 is 2.45. The van der Waals surface area contributed by atoms with Crippen molar-refractivity contribution in [3.63, 3.8) is 0 Å². The van der Waals surface area contributed by atoms with Crippen LogP contribution in [0.2, 0.25) is 0 Å². The molecule has 16 heavy (non-hydrogen) atoms. The highest BCUT2D eigenvalue weighted by Crippen LogP contribution is 2.38. The molecule has 0 spiro atoms. The lowest BCUT2D eigenvalue weighted by atomic mass is 10.2. The maximum absolute atomic E-state index is 10.8. The van der Waals surface area contributed by atoms with Gasteiger partial charge >= 0.3 is 0 Å². The summed E-state index contributed by atoms with van der Waals surface area (Å²) >= 11 is 0. The molecule has 1 aromatic rings. The SMILES string of the molecule is CC(=O)NCCc1cc(C)n(C2CC2)c1C. The molecule has 1 saturated carbocycles. The molecule has 0 aliphatic heterocycles. The molecule has 1 aliphatic carbocycles. The van der Waals surface area contributed by atoms with E-state index >= 15 is 0 Å². The van der Waals surface area contributed by atoms with Gasteiger partial charge in [0.2, 0.25) is 5.91 Å². The van der Waals surface area contributed by atoms with E-state index < -0.39 is 0 Å². The number of amides is 1. The average molecular weight is 220 g/mol. The summed E-state index contributed by atoms with van der Waals surface area (Å²) in [5.41, 5.74) is 4.11. The fourth-order valence-electron chi connectivity index (χ4n) is 2.37. The van der Waals surface area contributed by atoms with Crippen LogP contribution >= 0.6 is 0 Å². The summed E-state index contributed by atoms with van der Waals surface area (Å²) in [5.74, 6) is 0.0519. The first-order valence-corrected chi connectivity index (χ1v) is 6.01. The smallest absolute Gasteiger partial charge is 0.216 e. The minimum Gasteiger partial charge on any atom is -0.356 e. The van der Waals surface area contributed by atoms with E-state index in [4.69, 9.17) is 0 Å². The summed E-state index contributed by atoms with van der Waals surface area (Å²) in [6, 6.07) is 3.00. The van der Waals surface area contributed by atoms with Crippen LogP contribution in [0.25, 0.3) is 0 Å². The van der Waals surface area contributed by atoms with Gasteiger partial charge in [-0.1, -0.05) is 0 Å². The van der Waals surface area contributed by atoms with Gasteiger partial charge in [-0.3, -0.25) is 4.79 Å². The molecule has 0 radical (unpaired) electrons. The van der Waals surface area contributed by atoms with Crippen molar-refractivity contribution in [2.45, 2.75) is 46.1 Å². The van der Waals surface area contributed by atoms with Gasteiger partial charge < -0.3 is 9.88 Å². The zero-order valence-corrected chi connectivity index (χ0v) is 10.3. The molecule has 1 amide bonds. The molecule has 3 nitrogen and oxygen atoms in total. The lowest BCUT2D eigenvalue weighted by Crippen LogP contribution is -2.22. The summed E-state index contributed by atoms with van der Waals surface area (Å²) in [6.07, 6.45) is 3.58. The van der Waals surface area contributed by atoms with Gasteiger partial charge in [-0.25, -0.2) is 0 Å². The molecule has 0 aromatic carbocycles.